The van der Waals surface area contributed by atoms with Crippen molar-refractivity contribution in [3.63, 3.8) is 0 Å². The van der Waals surface area contributed by atoms with Gasteiger partial charge in [-0.2, -0.15) is 0 Å². The minimum atomic E-state index is 0.215. The van der Waals surface area contributed by atoms with Gasteiger partial charge in [0, 0.05) is 18.3 Å². The van der Waals surface area contributed by atoms with E-state index >= 15 is 0 Å². The van der Waals surface area contributed by atoms with E-state index in [4.69, 9.17) is 5.73 Å². The maximum absolute atomic E-state index is 6.29. The van der Waals surface area contributed by atoms with E-state index in [1.807, 2.05) is 6.07 Å². The second kappa shape index (κ2) is 6.10. The Labute approximate surface area is 121 Å². The lowest BCUT2D eigenvalue weighted by molar-refractivity contribution is 0.264. The summed E-state index contributed by atoms with van der Waals surface area (Å²) in [5.41, 5.74) is 10.0. The van der Waals surface area contributed by atoms with Gasteiger partial charge in [0.25, 0.3) is 0 Å². The van der Waals surface area contributed by atoms with Gasteiger partial charge in [-0.05, 0) is 42.0 Å². The van der Waals surface area contributed by atoms with Gasteiger partial charge in [0.05, 0.1) is 0 Å². The van der Waals surface area contributed by atoms with Crippen LogP contribution in [0.25, 0.3) is 0 Å². The first-order valence-corrected chi connectivity index (χ1v) is 7.46. The van der Waals surface area contributed by atoms with Crippen molar-refractivity contribution in [2.24, 2.45) is 11.7 Å². The molecule has 1 aliphatic carbocycles. The van der Waals surface area contributed by atoms with E-state index in [9.17, 15) is 0 Å². The van der Waals surface area contributed by atoms with Crippen LogP contribution in [0, 0.1) is 5.92 Å². The molecule has 0 saturated heterocycles. The molecule has 2 aromatic carbocycles. The number of rotatable bonds is 5. The Morgan fingerprint density at radius 2 is 1.70 bits per heavy atom. The van der Waals surface area contributed by atoms with E-state index in [1.54, 1.807) is 0 Å². The van der Waals surface area contributed by atoms with Crippen LogP contribution < -0.4 is 11.1 Å². The van der Waals surface area contributed by atoms with E-state index in [0.717, 1.165) is 12.2 Å². The summed E-state index contributed by atoms with van der Waals surface area (Å²) in [6.07, 6.45) is 3.92. The molecule has 0 amide bonds. The first-order chi connectivity index (χ1) is 9.83. The van der Waals surface area contributed by atoms with Crippen molar-refractivity contribution in [2.75, 3.05) is 5.32 Å². The summed E-state index contributed by atoms with van der Waals surface area (Å²) in [6, 6.07) is 19.3. The zero-order valence-corrected chi connectivity index (χ0v) is 11.8. The monoisotopic (exact) mass is 266 g/mol. The largest absolute Gasteiger partial charge is 0.381 e. The van der Waals surface area contributed by atoms with Gasteiger partial charge in [-0.3, -0.25) is 0 Å². The minimum Gasteiger partial charge on any atom is -0.381 e. The van der Waals surface area contributed by atoms with Gasteiger partial charge in [0.2, 0.25) is 0 Å². The topological polar surface area (TPSA) is 38.0 Å². The molecule has 2 aromatic rings. The van der Waals surface area contributed by atoms with Crippen LogP contribution in [-0.4, -0.2) is 0 Å². The molecule has 3 rings (SSSR count). The molecule has 0 radical (unpaired) electrons. The third-order valence-electron chi connectivity index (χ3n) is 4.29. The first-order valence-electron chi connectivity index (χ1n) is 7.46. The van der Waals surface area contributed by atoms with Crippen LogP contribution in [0.5, 0.6) is 0 Å². The fourth-order valence-electron chi connectivity index (χ4n) is 2.69. The van der Waals surface area contributed by atoms with Crippen LogP contribution in [-0.2, 0) is 6.54 Å². The van der Waals surface area contributed by atoms with Crippen LogP contribution in [0.4, 0.5) is 5.69 Å². The number of hydrogen-bond donors (Lipinski definition) is 2. The summed E-state index contributed by atoms with van der Waals surface area (Å²) in [7, 11) is 0. The van der Waals surface area contributed by atoms with Gasteiger partial charge in [0.1, 0.15) is 0 Å². The van der Waals surface area contributed by atoms with Gasteiger partial charge in [-0.1, -0.05) is 48.9 Å². The number of anilines is 1. The molecule has 0 heterocycles. The molecule has 0 spiro atoms. The Balaban J connectivity index is 1.58. The van der Waals surface area contributed by atoms with Crippen molar-refractivity contribution in [1.82, 2.24) is 0 Å². The Kier molecular flexibility index (Phi) is 4.03. The van der Waals surface area contributed by atoms with Gasteiger partial charge < -0.3 is 11.1 Å². The highest BCUT2D eigenvalue weighted by Crippen LogP contribution is 2.36. The molecule has 1 atom stereocenters. The van der Waals surface area contributed by atoms with Crippen molar-refractivity contribution in [3.05, 3.63) is 65.7 Å². The first kappa shape index (κ1) is 13.2. The van der Waals surface area contributed by atoms with Gasteiger partial charge >= 0.3 is 0 Å². The number of hydrogen-bond acceptors (Lipinski definition) is 2. The molecule has 1 aliphatic rings. The molecule has 0 aliphatic heterocycles. The third-order valence-corrected chi connectivity index (χ3v) is 4.29. The predicted octanol–water partition coefficient (Wildman–Crippen LogP) is 4.10. The average Bonchev–Trinajstić information content (AvgIpc) is 2.45. The molecule has 0 unspecified atom stereocenters. The van der Waals surface area contributed by atoms with E-state index < -0.39 is 0 Å². The van der Waals surface area contributed by atoms with Crippen molar-refractivity contribution in [1.29, 1.82) is 0 Å². The normalized spacial score (nSPS) is 16.4. The second-order valence-electron chi connectivity index (χ2n) is 5.68. The molecular weight excluding hydrogens is 244 g/mol. The summed E-state index contributed by atoms with van der Waals surface area (Å²) >= 11 is 0. The quantitative estimate of drug-likeness (QED) is 0.855. The number of nitrogens with one attached hydrogen (secondary N) is 1. The lowest BCUT2D eigenvalue weighted by Crippen LogP contribution is -2.26. The highest BCUT2D eigenvalue weighted by atomic mass is 14.9. The standard InChI is InChI=1S/C18H22N2/c19-18(15-7-4-8-15)16-9-11-17(12-10-16)20-13-14-5-2-1-3-6-14/h1-3,5-6,9-12,15,18,20H,4,7-8,13,19H2/t18-/m0/s1. The third kappa shape index (κ3) is 3.02. The summed E-state index contributed by atoms with van der Waals surface area (Å²) < 4.78 is 0. The predicted molar refractivity (Wildman–Crippen MR) is 84.5 cm³/mol. The number of benzene rings is 2. The maximum Gasteiger partial charge on any atom is 0.0400 e. The molecular formula is C18H22N2. The van der Waals surface area contributed by atoms with Gasteiger partial charge in [0.15, 0.2) is 0 Å². The van der Waals surface area contributed by atoms with E-state index in [0.29, 0.717) is 5.92 Å². The van der Waals surface area contributed by atoms with Crippen molar-refractivity contribution < 1.29 is 0 Å². The Morgan fingerprint density at radius 3 is 2.30 bits per heavy atom. The van der Waals surface area contributed by atoms with E-state index in [2.05, 4.69) is 53.8 Å². The van der Waals surface area contributed by atoms with Crippen LogP contribution in [0.15, 0.2) is 54.6 Å². The Morgan fingerprint density at radius 1 is 1.00 bits per heavy atom. The molecule has 1 fully saturated rings. The molecule has 0 aromatic heterocycles. The number of nitrogens with two attached hydrogens (primary N) is 1. The highest BCUT2D eigenvalue weighted by molar-refractivity contribution is 5.45. The van der Waals surface area contributed by atoms with Crippen molar-refractivity contribution >= 4 is 5.69 Å². The molecule has 3 N–H and O–H groups in total. The molecule has 0 bridgehead atoms. The van der Waals surface area contributed by atoms with Crippen molar-refractivity contribution in [2.45, 2.75) is 31.8 Å². The van der Waals surface area contributed by atoms with Crippen LogP contribution >= 0.6 is 0 Å². The van der Waals surface area contributed by atoms with Gasteiger partial charge in [-0.25, -0.2) is 0 Å². The zero-order valence-electron chi connectivity index (χ0n) is 11.8. The fourth-order valence-corrected chi connectivity index (χ4v) is 2.69. The summed E-state index contributed by atoms with van der Waals surface area (Å²) in [6.45, 7) is 0.856. The SMILES string of the molecule is N[C@H](c1ccc(NCc2ccccc2)cc1)C1CCC1. The smallest absolute Gasteiger partial charge is 0.0400 e. The Bertz CT molecular complexity index is 529. The zero-order chi connectivity index (χ0) is 13.8. The van der Waals surface area contributed by atoms with Crippen LogP contribution in [0.3, 0.4) is 0 Å². The lowest BCUT2D eigenvalue weighted by Gasteiger charge is -2.31. The maximum atomic E-state index is 6.29. The average molecular weight is 266 g/mol. The van der Waals surface area contributed by atoms with E-state index in [-0.39, 0.29) is 6.04 Å². The second-order valence-corrected chi connectivity index (χ2v) is 5.68. The van der Waals surface area contributed by atoms with E-state index in [1.165, 1.54) is 30.4 Å². The summed E-state index contributed by atoms with van der Waals surface area (Å²) in [5, 5.41) is 3.44. The molecule has 2 heteroatoms. The fraction of sp³-hybridized carbons (Fsp3) is 0.333. The highest BCUT2D eigenvalue weighted by Gasteiger charge is 2.25. The van der Waals surface area contributed by atoms with Crippen LogP contribution in [0.2, 0.25) is 0 Å². The Hall–Kier alpha value is -1.80. The van der Waals surface area contributed by atoms with Gasteiger partial charge in [-0.15, -0.1) is 0 Å². The summed E-state index contributed by atoms with van der Waals surface area (Å²) in [5.74, 6) is 0.693. The van der Waals surface area contributed by atoms with Crippen LogP contribution in [0.1, 0.15) is 36.4 Å². The summed E-state index contributed by atoms with van der Waals surface area (Å²) in [4.78, 5) is 0. The molecule has 2 nitrogen and oxygen atoms in total. The molecule has 1 saturated carbocycles. The van der Waals surface area contributed by atoms with Crippen molar-refractivity contribution in [3.8, 4) is 0 Å². The lowest BCUT2D eigenvalue weighted by atomic mass is 9.77. The minimum absolute atomic E-state index is 0.215. The molecule has 20 heavy (non-hydrogen) atoms. The molecule has 104 valence electrons.